The van der Waals surface area contributed by atoms with Crippen molar-refractivity contribution in [2.75, 3.05) is 37.7 Å². The van der Waals surface area contributed by atoms with Crippen LogP contribution in [0.4, 0.5) is 19.0 Å². The average molecular weight is 683 g/mol. The van der Waals surface area contributed by atoms with Gasteiger partial charge in [0.25, 0.3) is 0 Å². The van der Waals surface area contributed by atoms with Crippen LogP contribution < -0.4 is 9.64 Å². The molecule has 3 aliphatic heterocycles. The number of aliphatic hydroxyl groups is 1. The molecule has 1 saturated carbocycles. The molecule has 5 heterocycles. The van der Waals surface area contributed by atoms with E-state index in [2.05, 4.69) is 15.7 Å². The molecule has 12 heteroatoms. The summed E-state index contributed by atoms with van der Waals surface area (Å²) >= 11 is 0. The first-order valence-electron chi connectivity index (χ1n) is 17.3. The molecule has 9 nitrogen and oxygen atoms in total. The molecule has 50 heavy (non-hydrogen) atoms. The van der Waals surface area contributed by atoms with Gasteiger partial charge in [-0.15, -0.1) is 6.42 Å². The lowest BCUT2D eigenvalue weighted by Crippen LogP contribution is -2.52. The molecule has 3 saturated heterocycles. The Morgan fingerprint density at radius 3 is 2.68 bits per heavy atom. The Bertz CT molecular complexity index is 2260. The first kappa shape index (κ1) is 31.4. The number of phenolic OH excluding ortho intramolecular Hbond substituents is 1. The van der Waals surface area contributed by atoms with Crippen LogP contribution in [0.25, 0.3) is 43.7 Å². The van der Waals surface area contributed by atoms with Crippen molar-refractivity contribution in [1.82, 2.24) is 24.6 Å². The minimum Gasteiger partial charge on any atom is -0.508 e. The third kappa shape index (κ3) is 4.73. The van der Waals surface area contributed by atoms with Crippen molar-refractivity contribution < 1.29 is 28.1 Å². The van der Waals surface area contributed by atoms with E-state index in [-0.39, 0.29) is 63.0 Å². The first-order valence-corrected chi connectivity index (χ1v) is 17.3. The third-order valence-corrected chi connectivity index (χ3v) is 11.6. The van der Waals surface area contributed by atoms with Gasteiger partial charge in [0.05, 0.1) is 22.6 Å². The summed E-state index contributed by atoms with van der Waals surface area (Å²) < 4.78 is 55.3. The molecule has 4 fully saturated rings. The van der Waals surface area contributed by atoms with E-state index in [0.29, 0.717) is 60.9 Å². The fourth-order valence-electron chi connectivity index (χ4n) is 9.53. The van der Waals surface area contributed by atoms with E-state index >= 15 is 8.78 Å². The van der Waals surface area contributed by atoms with Gasteiger partial charge < -0.3 is 19.8 Å². The molecular formula is C38H37F3N6O3. The number of hydrogen-bond acceptors (Lipinski definition) is 8. The normalized spacial score (nSPS) is 26.6. The molecule has 1 spiro atoms. The number of rotatable bonds is 5. The van der Waals surface area contributed by atoms with Gasteiger partial charge in [-0.1, -0.05) is 12.0 Å². The van der Waals surface area contributed by atoms with Crippen molar-refractivity contribution in [3.8, 4) is 35.2 Å². The highest BCUT2D eigenvalue weighted by Gasteiger charge is 2.50. The van der Waals surface area contributed by atoms with E-state index in [1.165, 1.54) is 24.3 Å². The lowest BCUT2D eigenvalue weighted by Gasteiger charge is -2.51. The minimum absolute atomic E-state index is 0.0144. The van der Waals surface area contributed by atoms with E-state index in [4.69, 9.17) is 26.2 Å². The van der Waals surface area contributed by atoms with Crippen LogP contribution in [0.5, 0.6) is 11.8 Å². The molecule has 2 N–H and O–H groups in total. The standard InChI is InChI=1S/C38H37F3N6O3/c1-3-25-28(40)7-6-21-12-23(48)13-26(29(21)25)30-32(41)34-31(27-18-45(2)44-33(27)30)35(46-10-4-8-37(19-46)15-24(49)16-37)43-36(42-34)50-20-38-9-5-11-47(38)17-22(39)14-38/h1,6-7,12-13,18,22,24,48-49H,4-5,8-11,14-17,19-20H2,2H3/t22-,24?,37?,38+/m1/s1. The molecule has 0 unspecified atom stereocenters. The number of aromatic nitrogens is 4. The quantitative estimate of drug-likeness (QED) is 0.218. The molecule has 0 radical (unpaired) electrons. The van der Waals surface area contributed by atoms with Gasteiger partial charge in [0.2, 0.25) is 0 Å². The maximum Gasteiger partial charge on any atom is 0.319 e. The van der Waals surface area contributed by atoms with Crippen molar-refractivity contribution in [3.05, 3.63) is 47.7 Å². The zero-order chi connectivity index (χ0) is 34.5. The smallest absolute Gasteiger partial charge is 0.319 e. The summed E-state index contributed by atoms with van der Waals surface area (Å²) in [7, 11) is 1.73. The lowest BCUT2D eigenvalue weighted by molar-refractivity contribution is -0.0396. The van der Waals surface area contributed by atoms with Crippen LogP contribution in [0.3, 0.4) is 0 Å². The number of benzene rings is 3. The Balaban J connectivity index is 1.28. The number of alkyl halides is 1. The van der Waals surface area contributed by atoms with Crippen LogP contribution in [0.1, 0.15) is 50.5 Å². The minimum atomic E-state index is -0.942. The SMILES string of the molecule is C#Cc1c(F)ccc2cc(O)cc(-c3c(F)c4nc(OC[C@@]56CCCN5C[C@H](F)C6)nc(N5CCCC6(CC(O)C6)C5)c4c4cn(C)nc34)c12. The van der Waals surface area contributed by atoms with Gasteiger partial charge in [0, 0.05) is 55.6 Å². The van der Waals surface area contributed by atoms with E-state index in [1.54, 1.807) is 17.9 Å². The predicted molar refractivity (Wildman–Crippen MR) is 184 cm³/mol. The summed E-state index contributed by atoms with van der Waals surface area (Å²) in [5, 5.41) is 27.5. The molecule has 2 aromatic heterocycles. The second-order valence-electron chi connectivity index (χ2n) is 14.9. The molecule has 4 aliphatic rings. The number of aryl methyl sites for hydroxylation is 1. The van der Waals surface area contributed by atoms with E-state index in [0.717, 1.165) is 32.2 Å². The summed E-state index contributed by atoms with van der Waals surface area (Å²) in [4.78, 5) is 14.0. The molecule has 258 valence electrons. The van der Waals surface area contributed by atoms with Crippen LogP contribution in [-0.4, -0.2) is 85.5 Å². The van der Waals surface area contributed by atoms with E-state index in [9.17, 15) is 14.6 Å². The summed E-state index contributed by atoms with van der Waals surface area (Å²) in [6, 6.07) is 5.53. The number of fused-ring (bicyclic) bond motifs is 5. The van der Waals surface area contributed by atoms with E-state index < -0.39 is 23.3 Å². The van der Waals surface area contributed by atoms with Crippen LogP contribution in [0, 0.1) is 29.4 Å². The topological polar surface area (TPSA) is 99.8 Å². The predicted octanol–water partition coefficient (Wildman–Crippen LogP) is 6.00. The fourth-order valence-corrected chi connectivity index (χ4v) is 9.53. The van der Waals surface area contributed by atoms with Gasteiger partial charge in [-0.25, -0.2) is 13.2 Å². The number of hydrogen-bond donors (Lipinski definition) is 2. The van der Waals surface area contributed by atoms with E-state index in [1.807, 2.05) is 0 Å². The number of aromatic hydroxyl groups is 1. The molecule has 5 aromatic rings. The highest BCUT2D eigenvalue weighted by molar-refractivity contribution is 6.18. The number of halogens is 3. The maximum atomic E-state index is 17.6. The van der Waals surface area contributed by atoms with Crippen LogP contribution in [-0.2, 0) is 7.05 Å². The highest BCUT2D eigenvalue weighted by Crippen LogP contribution is 2.50. The van der Waals surface area contributed by atoms with Crippen molar-refractivity contribution in [2.45, 2.75) is 62.8 Å². The van der Waals surface area contributed by atoms with Crippen molar-refractivity contribution in [1.29, 1.82) is 0 Å². The Hall–Kier alpha value is -4.60. The first-order chi connectivity index (χ1) is 24.1. The monoisotopic (exact) mass is 682 g/mol. The van der Waals surface area contributed by atoms with Crippen LogP contribution in [0.2, 0.25) is 0 Å². The molecular weight excluding hydrogens is 645 g/mol. The second kappa shape index (κ2) is 11.2. The molecule has 9 rings (SSSR count). The summed E-state index contributed by atoms with van der Waals surface area (Å²) in [5.41, 5.74) is -0.136. The Labute approximate surface area is 286 Å². The molecule has 1 aliphatic carbocycles. The number of phenols is 1. The second-order valence-corrected chi connectivity index (χ2v) is 14.9. The summed E-state index contributed by atoms with van der Waals surface area (Å²) in [5.74, 6) is 1.38. The van der Waals surface area contributed by atoms with Gasteiger partial charge in [0.1, 0.15) is 41.2 Å². The average Bonchev–Trinajstić information content (AvgIpc) is 3.74. The zero-order valence-corrected chi connectivity index (χ0v) is 27.7. The summed E-state index contributed by atoms with van der Waals surface area (Å²) in [6.45, 7) is 2.62. The number of aliphatic hydroxyl groups excluding tert-OH is 1. The fraction of sp³-hybridized carbons (Fsp3) is 0.447. The van der Waals surface area contributed by atoms with Gasteiger partial charge >= 0.3 is 6.01 Å². The zero-order valence-electron chi connectivity index (χ0n) is 27.7. The van der Waals surface area contributed by atoms with Crippen molar-refractivity contribution in [3.63, 3.8) is 0 Å². The number of nitrogens with zero attached hydrogens (tertiary/aromatic N) is 6. The Morgan fingerprint density at radius 1 is 1.06 bits per heavy atom. The van der Waals surface area contributed by atoms with Gasteiger partial charge in [-0.3, -0.25) is 9.58 Å². The maximum absolute atomic E-state index is 17.6. The van der Waals surface area contributed by atoms with Crippen LogP contribution >= 0.6 is 0 Å². The number of anilines is 1. The molecule has 0 bridgehead atoms. The number of terminal acetylenes is 1. The van der Waals surface area contributed by atoms with Crippen molar-refractivity contribution in [2.24, 2.45) is 12.5 Å². The Morgan fingerprint density at radius 2 is 1.88 bits per heavy atom. The van der Waals surface area contributed by atoms with Crippen LogP contribution in [0.15, 0.2) is 30.5 Å². The molecule has 3 aromatic carbocycles. The third-order valence-electron chi connectivity index (χ3n) is 11.6. The van der Waals surface area contributed by atoms with Gasteiger partial charge in [0.15, 0.2) is 5.82 Å². The summed E-state index contributed by atoms with van der Waals surface area (Å²) in [6.07, 6.45) is 11.6. The number of ether oxygens (including phenoxy) is 1. The van der Waals surface area contributed by atoms with Crippen molar-refractivity contribution >= 4 is 38.4 Å². The number of piperidine rings is 1. The largest absolute Gasteiger partial charge is 0.508 e. The van der Waals surface area contributed by atoms with Gasteiger partial charge in [-0.05, 0) is 79.6 Å². The molecule has 0 amide bonds. The lowest BCUT2D eigenvalue weighted by atomic mass is 9.62. The van der Waals surface area contributed by atoms with Gasteiger partial charge in [-0.2, -0.15) is 15.1 Å². The molecule has 2 atom stereocenters. The Kier molecular flexibility index (Phi) is 7.03. The highest BCUT2D eigenvalue weighted by atomic mass is 19.1.